The number of rotatable bonds is 6. The summed E-state index contributed by atoms with van der Waals surface area (Å²) in [4.78, 5) is 4.50. The van der Waals surface area contributed by atoms with Crippen LogP contribution < -0.4 is 5.32 Å². The molecule has 1 aromatic heterocycles. The highest BCUT2D eigenvalue weighted by molar-refractivity contribution is 6.31. The molecule has 1 atom stereocenters. The van der Waals surface area contributed by atoms with Crippen molar-refractivity contribution in [1.82, 2.24) is 10.3 Å². The third-order valence-corrected chi connectivity index (χ3v) is 4.37. The number of pyridine rings is 1. The van der Waals surface area contributed by atoms with Crippen molar-refractivity contribution in [2.45, 2.75) is 57.9 Å². The van der Waals surface area contributed by atoms with E-state index in [1.54, 1.807) is 0 Å². The van der Waals surface area contributed by atoms with E-state index >= 15 is 0 Å². The van der Waals surface area contributed by atoms with E-state index in [9.17, 15) is 0 Å². The zero-order chi connectivity index (χ0) is 13.5. The highest BCUT2D eigenvalue weighted by atomic mass is 35.5. The van der Waals surface area contributed by atoms with Crippen LogP contribution in [0.2, 0.25) is 5.02 Å². The molecule has 106 valence electrons. The van der Waals surface area contributed by atoms with Gasteiger partial charge in [-0.25, -0.2) is 0 Å². The molecule has 0 radical (unpaired) electrons. The maximum absolute atomic E-state index is 6.31. The smallest absolute Gasteiger partial charge is 0.0759 e. The van der Waals surface area contributed by atoms with Gasteiger partial charge in [0.15, 0.2) is 0 Å². The van der Waals surface area contributed by atoms with Crippen molar-refractivity contribution in [2.24, 2.45) is 5.92 Å². The molecule has 2 nitrogen and oxygen atoms in total. The molecule has 1 saturated carbocycles. The zero-order valence-corrected chi connectivity index (χ0v) is 12.6. The fourth-order valence-corrected chi connectivity index (χ4v) is 3.27. The molecule has 0 saturated heterocycles. The third kappa shape index (κ3) is 4.47. The Morgan fingerprint density at radius 2 is 2.16 bits per heavy atom. The van der Waals surface area contributed by atoms with E-state index in [0.717, 1.165) is 29.6 Å². The SMILES string of the molecule is CCCNC(CC1CCCCC1)c1ncccc1Cl. The minimum Gasteiger partial charge on any atom is -0.309 e. The summed E-state index contributed by atoms with van der Waals surface area (Å²) in [6.45, 7) is 3.23. The van der Waals surface area contributed by atoms with Gasteiger partial charge in [0.25, 0.3) is 0 Å². The topological polar surface area (TPSA) is 24.9 Å². The van der Waals surface area contributed by atoms with Crippen LogP contribution in [0.4, 0.5) is 0 Å². The molecule has 0 spiro atoms. The summed E-state index contributed by atoms with van der Waals surface area (Å²) in [5, 5.41) is 4.42. The Balaban J connectivity index is 2.04. The normalized spacial score (nSPS) is 18.4. The summed E-state index contributed by atoms with van der Waals surface area (Å²) >= 11 is 6.31. The predicted molar refractivity (Wildman–Crippen MR) is 81.5 cm³/mol. The molecule has 1 N–H and O–H groups in total. The fraction of sp³-hybridized carbons (Fsp3) is 0.688. The molecule has 3 heteroatoms. The first-order valence-electron chi connectivity index (χ1n) is 7.65. The molecule has 0 aliphatic heterocycles. The van der Waals surface area contributed by atoms with Gasteiger partial charge in [0, 0.05) is 6.20 Å². The first-order chi connectivity index (χ1) is 9.31. The number of nitrogens with zero attached hydrogens (tertiary/aromatic N) is 1. The zero-order valence-electron chi connectivity index (χ0n) is 11.9. The molecule has 1 aliphatic rings. The quantitative estimate of drug-likeness (QED) is 0.814. The summed E-state index contributed by atoms with van der Waals surface area (Å²) in [5.41, 5.74) is 1.03. The number of aromatic nitrogens is 1. The van der Waals surface area contributed by atoms with Crippen molar-refractivity contribution in [3.05, 3.63) is 29.0 Å². The van der Waals surface area contributed by atoms with Crippen molar-refractivity contribution in [1.29, 1.82) is 0 Å². The van der Waals surface area contributed by atoms with Gasteiger partial charge in [-0.1, -0.05) is 50.6 Å². The Labute approximate surface area is 122 Å². The average molecular weight is 281 g/mol. The van der Waals surface area contributed by atoms with Crippen molar-refractivity contribution in [3.63, 3.8) is 0 Å². The molecule has 0 bridgehead atoms. The molecule has 0 amide bonds. The Bertz CT molecular complexity index is 375. The minimum atomic E-state index is 0.316. The Kier molecular flexibility index (Phi) is 6.12. The number of hydrogen-bond acceptors (Lipinski definition) is 2. The maximum Gasteiger partial charge on any atom is 0.0759 e. The number of hydrogen-bond donors (Lipinski definition) is 1. The van der Waals surface area contributed by atoms with Crippen LogP contribution in [0.25, 0.3) is 0 Å². The average Bonchev–Trinajstić information content (AvgIpc) is 2.45. The van der Waals surface area contributed by atoms with Gasteiger partial charge in [0.1, 0.15) is 0 Å². The van der Waals surface area contributed by atoms with Gasteiger partial charge >= 0.3 is 0 Å². The van der Waals surface area contributed by atoms with Crippen molar-refractivity contribution in [2.75, 3.05) is 6.54 Å². The molecule has 0 aromatic carbocycles. The molecule has 1 aliphatic carbocycles. The largest absolute Gasteiger partial charge is 0.309 e. The minimum absolute atomic E-state index is 0.316. The van der Waals surface area contributed by atoms with Crippen LogP contribution in [-0.2, 0) is 0 Å². The van der Waals surface area contributed by atoms with Gasteiger partial charge in [-0.15, -0.1) is 0 Å². The predicted octanol–water partition coefficient (Wildman–Crippen LogP) is 4.75. The van der Waals surface area contributed by atoms with E-state index in [4.69, 9.17) is 11.6 Å². The lowest BCUT2D eigenvalue weighted by molar-refractivity contribution is 0.297. The van der Waals surface area contributed by atoms with Gasteiger partial charge in [0.05, 0.1) is 16.8 Å². The molecule has 2 rings (SSSR count). The van der Waals surface area contributed by atoms with Gasteiger partial charge in [-0.05, 0) is 37.4 Å². The first-order valence-corrected chi connectivity index (χ1v) is 8.03. The molecule has 1 heterocycles. The Morgan fingerprint density at radius 3 is 2.84 bits per heavy atom. The van der Waals surface area contributed by atoms with E-state index in [1.165, 1.54) is 38.5 Å². The van der Waals surface area contributed by atoms with Crippen LogP contribution in [-0.4, -0.2) is 11.5 Å². The van der Waals surface area contributed by atoms with Crippen LogP contribution in [0.1, 0.15) is 63.6 Å². The van der Waals surface area contributed by atoms with Crippen LogP contribution in [0.5, 0.6) is 0 Å². The van der Waals surface area contributed by atoms with Crippen molar-refractivity contribution < 1.29 is 0 Å². The van der Waals surface area contributed by atoms with Crippen LogP contribution >= 0.6 is 11.6 Å². The summed E-state index contributed by atoms with van der Waals surface area (Å²) in [6, 6.07) is 4.17. The third-order valence-electron chi connectivity index (χ3n) is 4.05. The molecular weight excluding hydrogens is 256 g/mol. The monoisotopic (exact) mass is 280 g/mol. The molecular formula is C16H25ClN2. The summed E-state index contributed by atoms with van der Waals surface area (Å²) < 4.78 is 0. The van der Waals surface area contributed by atoms with E-state index < -0.39 is 0 Å². The fourth-order valence-electron chi connectivity index (χ4n) is 3.02. The van der Waals surface area contributed by atoms with E-state index in [2.05, 4.69) is 17.2 Å². The summed E-state index contributed by atoms with van der Waals surface area (Å²) in [7, 11) is 0. The standard InChI is InChI=1S/C16H25ClN2/c1-2-10-18-15(12-13-7-4-3-5-8-13)16-14(17)9-6-11-19-16/h6,9,11,13,15,18H,2-5,7-8,10,12H2,1H3. The second kappa shape index (κ2) is 7.86. The van der Waals surface area contributed by atoms with Crippen molar-refractivity contribution >= 4 is 11.6 Å². The first kappa shape index (κ1) is 14.8. The van der Waals surface area contributed by atoms with E-state index in [1.807, 2.05) is 18.3 Å². The summed E-state index contributed by atoms with van der Waals surface area (Å²) in [5.74, 6) is 0.834. The second-order valence-corrected chi connectivity index (χ2v) is 6.02. The lowest BCUT2D eigenvalue weighted by atomic mass is 9.84. The summed E-state index contributed by atoms with van der Waals surface area (Å²) in [6.07, 6.45) is 11.1. The van der Waals surface area contributed by atoms with Crippen molar-refractivity contribution in [3.8, 4) is 0 Å². The molecule has 1 aromatic rings. The van der Waals surface area contributed by atoms with E-state index in [-0.39, 0.29) is 0 Å². The van der Waals surface area contributed by atoms with Crippen LogP contribution in [0.3, 0.4) is 0 Å². The van der Waals surface area contributed by atoms with Gasteiger partial charge < -0.3 is 5.32 Å². The van der Waals surface area contributed by atoms with Gasteiger partial charge in [-0.3, -0.25) is 4.98 Å². The highest BCUT2D eigenvalue weighted by Crippen LogP contribution is 2.33. The molecule has 1 unspecified atom stereocenters. The second-order valence-electron chi connectivity index (χ2n) is 5.62. The number of nitrogens with one attached hydrogen (secondary N) is 1. The van der Waals surface area contributed by atoms with Gasteiger partial charge in [-0.2, -0.15) is 0 Å². The number of halogens is 1. The maximum atomic E-state index is 6.31. The lowest BCUT2D eigenvalue weighted by Crippen LogP contribution is -2.26. The Morgan fingerprint density at radius 1 is 1.37 bits per heavy atom. The molecule has 19 heavy (non-hydrogen) atoms. The van der Waals surface area contributed by atoms with Gasteiger partial charge in [0.2, 0.25) is 0 Å². The van der Waals surface area contributed by atoms with Crippen LogP contribution in [0.15, 0.2) is 18.3 Å². The Hall–Kier alpha value is -0.600. The van der Waals surface area contributed by atoms with E-state index in [0.29, 0.717) is 6.04 Å². The van der Waals surface area contributed by atoms with Crippen LogP contribution in [0, 0.1) is 5.92 Å². The lowest BCUT2D eigenvalue weighted by Gasteiger charge is -2.27. The molecule has 1 fully saturated rings. The highest BCUT2D eigenvalue weighted by Gasteiger charge is 2.22.